The number of hydrogen-bond acceptors (Lipinski definition) is 6. The summed E-state index contributed by atoms with van der Waals surface area (Å²) in [6, 6.07) is 13.8. The van der Waals surface area contributed by atoms with Crippen LogP contribution in [0.3, 0.4) is 0 Å². The summed E-state index contributed by atoms with van der Waals surface area (Å²) in [5, 5.41) is 0.299. The molecule has 0 aliphatic carbocycles. The molecule has 0 atom stereocenters. The van der Waals surface area contributed by atoms with Crippen molar-refractivity contribution in [1.82, 2.24) is 4.98 Å². The minimum absolute atomic E-state index is 0.0187. The molecule has 0 bridgehead atoms. The van der Waals surface area contributed by atoms with Crippen LogP contribution in [0.2, 0.25) is 5.02 Å². The molecule has 0 fully saturated rings. The molecule has 3 rings (SSSR count). The van der Waals surface area contributed by atoms with Crippen molar-refractivity contribution in [2.45, 2.75) is 24.7 Å². The number of aryl methyl sites for hydroxylation is 2. The lowest BCUT2D eigenvalue weighted by Gasteiger charge is -2.13. The van der Waals surface area contributed by atoms with Crippen LogP contribution in [0.5, 0.6) is 0 Å². The smallest absolute Gasteiger partial charge is 0.305 e. The highest BCUT2D eigenvalue weighted by Gasteiger charge is 2.21. The predicted molar refractivity (Wildman–Crippen MR) is 121 cm³/mol. The van der Waals surface area contributed by atoms with Gasteiger partial charge in [-0.2, -0.15) is 0 Å². The summed E-state index contributed by atoms with van der Waals surface area (Å²) in [4.78, 5) is 28.5. The maximum absolute atomic E-state index is 13.1. The quantitative estimate of drug-likeness (QED) is 0.389. The van der Waals surface area contributed by atoms with Crippen LogP contribution in [0.25, 0.3) is 0 Å². The van der Waals surface area contributed by atoms with E-state index in [0.29, 0.717) is 22.7 Å². The van der Waals surface area contributed by atoms with Gasteiger partial charge in [0.25, 0.3) is 10.0 Å². The van der Waals surface area contributed by atoms with E-state index in [-0.39, 0.29) is 28.5 Å². The van der Waals surface area contributed by atoms with Crippen molar-refractivity contribution >= 4 is 39.1 Å². The van der Waals surface area contributed by atoms with E-state index in [0.717, 1.165) is 5.56 Å². The number of ketones is 1. The Morgan fingerprint density at radius 1 is 1.06 bits per heavy atom. The molecular weight excluding hydrogens is 452 g/mol. The molecule has 2 aromatic carbocycles. The van der Waals surface area contributed by atoms with Crippen LogP contribution in [0.4, 0.5) is 5.69 Å². The minimum Gasteiger partial charge on any atom is -0.469 e. The number of benzene rings is 2. The van der Waals surface area contributed by atoms with Gasteiger partial charge in [0.1, 0.15) is 0 Å². The van der Waals surface area contributed by atoms with Crippen molar-refractivity contribution < 1.29 is 22.7 Å². The molecular formula is C23H21ClN2O5S. The molecule has 0 aliphatic heterocycles. The molecule has 1 N–H and O–H groups in total. The average molecular weight is 473 g/mol. The molecule has 0 saturated heterocycles. The number of sulfonamides is 1. The number of pyridine rings is 1. The lowest BCUT2D eigenvalue weighted by Crippen LogP contribution is -2.16. The standard InChI is InChI=1S/C23H21ClN2O5S/c1-15-19(4-3-13-25-15)23(28)20-14-17(24)8-11-21(20)26-32(29,30)18-9-5-16(6-10-18)7-12-22(27)31-2/h3-6,8-11,13-14,26H,7,12H2,1-2H3. The van der Waals surface area contributed by atoms with Gasteiger partial charge in [-0.05, 0) is 61.4 Å². The van der Waals surface area contributed by atoms with E-state index in [1.807, 2.05) is 0 Å². The van der Waals surface area contributed by atoms with Gasteiger partial charge in [-0.3, -0.25) is 19.3 Å². The molecule has 7 nitrogen and oxygen atoms in total. The molecule has 1 heterocycles. The van der Waals surface area contributed by atoms with Gasteiger partial charge in [0.15, 0.2) is 5.78 Å². The van der Waals surface area contributed by atoms with Crippen LogP contribution in [-0.2, 0) is 26.0 Å². The van der Waals surface area contributed by atoms with Crippen molar-refractivity contribution in [3.63, 3.8) is 0 Å². The first-order valence-electron chi connectivity index (χ1n) is 9.65. The highest BCUT2D eigenvalue weighted by molar-refractivity contribution is 7.92. The second-order valence-electron chi connectivity index (χ2n) is 6.98. The fraction of sp³-hybridized carbons (Fsp3) is 0.174. The number of anilines is 1. The second-order valence-corrected chi connectivity index (χ2v) is 9.10. The van der Waals surface area contributed by atoms with Gasteiger partial charge < -0.3 is 4.74 Å². The van der Waals surface area contributed by atoms with E-state index in [1.165, 1.54) is 37.4 Å². The first-order chi connectivity index (χ1) is 15.2. The maximum atomic E-state index is 13.1. The Bertz CT molecular complexity index is 1260. The largest absolute Gasteiger partial charge is 0.469 e. The topological polar surface area (TPSA) is 102 Å². The van der Waals surface area contributed by atoms with Gasteiger partial charge in [-0.1, -0.05) is 23.7 Å². The van der Waals surface area contributed by atoms with Crippen molar-refractivity contribution in [1.29, 1.82) is 0 Å². The summed E-state index contributed by atoms with van der Waals surface area (Å²) < 4.78 is 33.0. The Kier molecular flexibility index (Phi) is 7.27. The second kappa shape index (κ2) is 9.93. The molecule has 0 unspecified atom stereocenters. The first kappa shape index (κ1) is 23.4. The summed E-state index contributed by atoms with van der Waals surface area (Å²) in [7, 11) is -2.67. The number of carbonyl (C=O) groups excluding carboxylic acids is 2. The van der Waals surface area contributed by atoms with E-state index >= 15 is 0 Å². The Labute approximate surface area is 191 Å². The fourth-order valence-electron chi connectivity index (χ4n) is 3.05. The maximum Gasteiger partial charge on any atom is 0.305 e. The zero-order valence-electron chi connectivity index (χ0n) is 17.5. The zero-order valence-corrected chi connectivity index (χ0v) is 19.0. The summed E-state index contributed by atoms with van der Waals surface area (Å²) >= 11 is 6.08. The molecule has 0 radical (unpaired) electrons. The number of aromatic nitrogens is 1. The van der Waals surface area contributed by atoms with Gasteiger partial charge in [-0.15, -0.1) is 0 Å². The first-order valence-corrected chi connectivity index (χ1v) is 11.5. The third-order valence-electron chi connectivity index (χ3n) is 4.80. The molecule has 166 valence electrons. The highest BCUT2D eigenvalue weighted by Crippen LogP contribution is 2.27. The van der Waals surface area contributed by atoms with Crippen molar-refractivity contribution in [3.05, 3.63) is 88.2 Å². The molecule has 3 aromatic rings. The number of rotatable bonds is 8. The van der Waals surface area contributed by atoms with Crippen LogP contribution in [0.1, 0.15) is 33.6 Å². The van der Waals surface area contributed by atoms with Gasteiger partial charge in [0.2, 0.25) is 0 Å². The number of nitrogens with zero attached hydrogens (tertiary/aromatic N) is 1. The van der Waals surface area contributed by atoms with E-state index in [9.17, 15) is 18.0 Å². The Morgan fingerprint density at radius 2 is 1.78 bits per heavy atom. The molecule has 0 aliphatic rings. The number of hydrogen-bond donors (Lipinski definition) is 1. The molecule has 1 aromatic heterocycles. The Hall–Kier alpha value is -3.23. The Morgan fingerprint density at radius 3 is 2.44 bits per heavy atom. The van der Waals surface area contributed by atoms with E-state index < -0.39 is 15.8 Å². The SMILES string of the molecule is COC(=O)CCc1ccc(S(=O)(=O)Nc2ccc(Cl)cc2C(=O)c2cccnc2C)cc1. The zero-order chi connectivity index (χ0) is 23.3. The summed E-state index contributed by atoms with van der Waals surface area (Å²) in [6.45, 7) is 1.70. The van der Waals surface area contributed by atoms with E-state index in [1.54, 1.807) is 37.4 Å². The van der Waals surface area contributed by atoms with Crippen LogP contribution < -0.4 is 4.72 Å². The van der Waals surface area contributed by atoms with E-state index in [2.05, 4.69) is 14.4 Å². The number of esters is 1. The highest BCUT2D eigenvalue weighted by atomic mass is 35.5. The van der Waals surface area contributed by atoms with Crippen molar-refractivity contribution in [2.24, 2.45) is 0 Å². The predicted octanol–water partition coefficient (Wildman–Crippen LogP) is 4.18. The monoisotopic (exact) mass is 472 g/mol. The van der Waals surface area contributed by atoms with Gasteiger partial charge in [-0.25, -0.2) is 8.42 Å². The molecule has 9 heteroatoms. The third-order valence-corrected chi connectivity index (χ3v) is 6.42. The number of halogens is 1. The van der Waals surface area contributed by atoms with Crippen LogP contribution in [0, 0.1) is 6.92 Å². The minimum atomic E-state index is -3.98. The van der Waals surface area contributed by atoms with Crippen LogP contribution in [-0.4, -0.2) is 32.3 Å². The van der Waals surface area contributed by atoms with Crippen molar-refractivity contribution in [3.8, 4) is 0 Å². The fourth-order valence-corrected chi connectivity index (χ4v) is 4.30. The summed E-state index contributed by atoms with van der Waals surface area (Å²) in [5.74, 6) is -0.735. The van der Waals surface area contributed by atoms with Crippen LogP contribution >= 0.6 is 11.6 Å². The Balaban J connectivity index is 1.87. The van der Waals surface area contributed by atoms with Crippen LogP contribution in [0.15, 0.2) is 65.7 Å². The normalized spacial score (nSPS) is 11.1. The summed E-state index contributed by atoms with van der Waals surface area (Å²) in [6.07, 6.45) is 2.20. The number of ether oxygens (including phenoxy) is 1. The number of carbonyl (C=O) groups is 2. The average Bonchev–Trinajstić information content (AvgIpc) is 2.78. The third kappa shape index (κ3) is 5.52. The number of methoxy groups -OCH3 is 1. The summed E-state index contributed by atoms with van der Waals surface area (Å²) in [5.41, 5.74) is 1.90. The molecule has 32 heavy (non-hydrogen) atoms. The van der Waals surface area contributed by atoms with E-state index in [4.69, 9.17) is 11.6 Å². The molecule has 0 saturated carbocycles. The number of nitrogens with one attached hydrogen (secondary N) is 1. The van der Waals surface area contributed by atoms with Crippen molar-refractivity contribution in [2.75, 3.05) is 11.8 Å². The molecule has 0 spiro atoms. The lowest BCUT2D eigenvalue weighted by molar-refractivity contribution is -0.140. The lowest BCUT2D eigenvalue weighted by atomic mass is 10.0. The van der Waals surface area contributed by atoms with Gasteiger partial charge >= 0.3 is 5.97 Å². The van der Waals surface area contributed by atoms with Gasteiger partial charge in [0, 0.05) is 34.5 Å². The molecule has 0 amide bonds. The van der Waals surface area contributed by atoms with Gasteiger partial charge in [0.05, 0.1) is 17.7 Å².